The van der Waals surface area contributed by atoms with Crippen molar-refractivity contribution in [3.8, 4) is 28.7 Å². The lowest BCUT2D eigenvalue weighted by Crippen LogP contribution is -2.45. The van der Waals surface area contributed by atoms with Gasteiger partial charge in [-0.2, -0.15) is 0 Å². The fourth-order valence-corrected chi connectivity index (χ4v) is 4.41. The van der Waals surface area contributed by atoms with Crippen LogP contribution in [0.4, 0.5) is 0 Å². The predicted molar refractivity (Wildman–Crippen MR) is 104 cm³/mol. The topological polar surface area (TPSA) is 149 Å². The number of aliphatic hydroxyl groups is 2. The lowest BCUT2D eigenvalue weighted by molar-refractivity contribution is -0.131. The molecular weight excluding hydrogens is 394 g/mol. The number of carbonyl (C=O) groups is 1. The van der Waals surface area contributed by atoms with Gasteiger partial charge in [0.2, 0.25) is 12.7 Å². The summed E-state index contributed by atoms with van der Waals surface area (Å²) < 4.78 is 10.9. The Bertz CT molecular complexity index is 968. The molecule has 9 heteroatoms. The van der Waals surface area contributed by atoms with Crippen LogP contribution >= 0.6 is 0 Å². The molecule has 0 saturated heterocycles. The second-order valence-corrected chi connectivity index (χ2v) is 7.43. The molecule has 0 bridgehead atoms. The zero-order valence-electron chi connectivity index (χ0n) is 16.2. The molecule has 30 heavy (non-hydrogen) atoms. The molecule has 2 aliphatic rings. The van der Waals surface area contributed by atoms with Gasteiger partial charge in [0, 0.05) is 25.0 Å². The Labute approximate surface area is 172 Å². The van der Waals surface area contributed by atoms with Crippen LogP contribution in [0.3, 0.4) is 0 Å². The van der Waals surface area contributed by atoms with E-state index in [9.17, 15) is 30.3 Å². The fraction of sp³-hybridized carbons (Fsp3) is 0.381. The summed E-state index contributed by atoms with van der Waals surface area (Å²) in [4.78, 5) is 13.0. The number of fused-ring (bicyclic) bond motifs is 2. The van der Waals surface area contributed by atoms with E-state index in [-0.39, 0.29) is 6.79 Å². The first kappa shape index (κ1) is 20.1. The third-order valence-corrected chi connectivity index (χ3v) is 5.77. The monoisotopic (exact) mass is 417 g/mol. The summed E-state index contributed by atoms with van der Waals surface area (Å²) in [6.45, 7) is 1.65. The van der Waals surface area contributed by atoms with Crippen LogP contribution in [0, 0.1) is 11.8 Å². The molecule has 9 nitrogen and oxygen atoms in total. The average molecular weight is 417 g/mol. The molecule has 0 saturated carbocycles. The molecule has 1 aliphatic carbocycles. The second kappa shape index (κ2) is 7.58. The van der Waals surface area contributed by atoms with E-state index in [2.05, 4.69) is 5.32 Å². The van der Waals surface area contributed by atoms with Gasteiger partial charge in [-0.1, -0.05) is 0 Å². The van der Waals surface area contributed by atoms with Gasteiger partial charge < -0.3 is 40.3 Å². The molecule has 0 unspecified atom stereocenters. The van der Waals surface area contributed by atoms with Crippen molar-refractivity contribution in [1.82, 2.24) is 5.32 Å². The third kappa shape index (κ3) is 3.06. The molecule has 4 rings (SSSR count). The van der Waals surface area contributed by atoms with E-state index < -0.39 is 53.6 Å². The Morgan fingerprint density at radius 1 is 1.07 bits per heavy atom. The van der Waals surface area contributed by atoms with Crippen LogP contribution in [0.15, 0.2) is 24.3 Å². The highest BCUT2D eigenvalue weighted by molar-refractivity contribution is 5.82. The van der Waals surface area contributed by atoms with Gasteiger partial charge in [0.25, 0.3) is 0 Å². The van der Waals surface area contributed by atoms with E-state index >= 15 is 0 Å². The first-order valence-electron chi connectivity index (χ1n) is 9.62. The zero-order chi connectivity index (χ0) is 21.6. The molecule has 1 amide bonds. The summed E-state index contributed by atoms with van der Waals surface area (Å²) in [6, 6.07) is 5.79. The molecule has 0 spiro atoms. The number of amides is 1. The number of hydrogen-bond donors (Lipinski definition) is 6. The number of carbonyl (C=O) groups excluding carboxylic acids is 1. The van der Waals surface area contributed by atoms with Crippen molar-refractivity contribution in [2.45, 2.75) is 18.9 Å². The van der Waals surface area contributed by atoms with Crippen molar-refractivity contribution < 1.29 is 39.8 Å². The lowest BCUT2D eigenvalue weighted by Gasteiger charge is -2.41. The SMILES string of the molecule is CCNC(=O)[C@H]1[C@H](c2cc(O)c(O)c(O)c2)c2cc3c(cc2[C@H](O)[C@H]1CO)OCO3. The van der Waals surface area contributed by atoms with Gasteiger partial charge in [-0.3, -0.25) is 4.79 Å². The molecular formula is C21H23NO8. The van der Waals surface area contributed by atoms with Gasteiger partial charge in [0.15, 0.2) is 28.7 Å². The number of rotatable bonds is 4. The third-order valence-electron chi connectivity index (χ3n) is 5.77. The van der Waals surface area contributed by atoms with Crippen LogP contribution in [0.2, 0.25) is 0 Å². The van der Waals surface area contributed by atoms with Crippen LogP contribution in [0.25, 0.3) is 0 Å². The van der Waals surface area contributed by atoms with E-state index in [1.807, 2.05) is 0 Å². The van der Waals surface area contributed by atoms with E-state index in [4.69, 9.17) is 9.47 Å². The van der Waals surface area contributed by atoms with Crippen molar-refractivity contribution in [2.75, 3.05) is 19.9 Å². The van der Waals surface area contributed by atoms with Crippen LogP contribution in [-0.2, 0) is 4.79 Å². The zero-order valence-corrected chi connectivity index (χ0v) is 16.2. The molecule has 1 aliphatic heterocycles. The Hall–Kier alpha value is -3.17. The fourth-order valence-electron chi connectivity index (χ4n) is 4.41. The van der Waals surface area contributed by atoms with Gasteiger partial charge in [0.05, 0.1) is 12.0 Å². The predicted octanol–water partition coefficient (Wildman–Crippen LogP) is 1.07. The molecule has 0 fully saturated rings. The minimum atomic E-state index is -1.15. The number of phenolic OH excluding ortho intramolecular Hbond substituents is 3. The smallest absolute Gasteiger partial charge is 0.231 e. The maximum atomic E-state index is 13.0. The number of benzene rings is 2. The molecule has 160 valence electrons. The summed E-state index contributed by atoms with van der Waals surface area (Å²) >= 11 is 0. The normalized spacial score (nSPS) is 24.4. The van der Waals surface area contributed by atoms with E-state index in [0.29, 0.717) is 34.7 Å². The Kier molecular flexibility index (Phi) is 5.08. The minimum Gasteiger partial charge on any atom is -0.504 e. The highest BCUT2D eigenvalue weighted by atomic mass is 16.7. The number of phenols is 3. The quantitative estimate of drug-likeness (QED) is 0.405. The van der Waals surface area contributed by atoms with Crippen molar-refractivity contribution >= 4 is 5.91 Å². The first-order chi connectivity index (χ1) is 14.4. The van der Waals surface area contributed by atoms with Crippen molar-refractivity contribution in [2.24, 2.45) is 11.8 Å². The van der Waals surface area contributed by atoms with Crippen molar-refractivity contribution in [1.29, 1.82) is 0 Å². The summed E-state index contributed by atoms with van der Waals surface area (Å²) in [5, 5.41) is 53.6. The van der Waals surface area contributed by atoms with Crippen LogP contribution in [0.1, 0.15) is 35.6 Å². The van der Waals surface area contributed by atoms with Crippen LogP contribution < -0.4 is 14.8 Å². The van der Waals surface area contributed by atoms with E-state index in [0.717, 1.165) is 0 Å². The number of aromatic hydroxyl groups is 3. The Balaban J connectivity index is 1.97. The number of hydrogen-bond acceptors (Lipinski definition) is 8. The molecule has 2 aromatic rings. The van der Waals surface area contributed by atoms with Crippen molar-refractivity contribution in [3.05, 3.63) is 41.0 Å². The number of ether oxygens (including phenoxy) is 2. The molecule has 0 aromatic heterocycles. The summed E-state index contributed by atoms with van der Waals surface area (Å²) in [5.74, 6) is -3.80. The first-order valence-corrected chi connectivity index (χ1v) is 9.62. The largest absolute Gasteiger partial charge is 0.504 e. The second-order valence-electron chi connectivity index (χ2n) is 7.43. The molecule has 2 aromatic carbocycles. The van der Waals surface area contributed by atoms with Gasteiger partial charge in [0.1, 0.15) is 0 Å². The van der Waals surface area contributed by atoms with Gasteiger partial charge in [-0.05, 0) is 47.9 Å². The standard InChI is InChI=1S/C21H23NO8/c1-2-22-21(28)18-12(7-23)19(26)11-6-16-15(29-8-30-16)5-10(11)17(18)9-3-13(24)20(27)14(25)4-9/h3-6,12,17-19,23-27H,2,7-8H2,1H3,(H,22,28)/t12-,17+,18+,19-/m0/s1. The molecule has 4 atom stereocenters. The maximum absolute atomic E-state index is 13.0. The van der Waals surface area contributed by atoms with Crippen LogP contribution in [-0.4, -0.2) is 51.4 Å². The highest BCUT2D eigenvalue weighted by Gasteiger charge is 2.47. The summed E-state index contributed by atoms with van der Waals surface area (Å²) in [5.41, 5.74) is 1.33. The molecule has 1 heterocycles. The highest BCUT2D eigenvalue weighted by Crippen LogP contribution is 2.53. The van der Waals surface area contributed by atoms with Gasteiger partial charge in [-0.15, -0.1) is 0 Å². The van der Waals surface area contributed by atoms with Crippen LogP contribution in [0.5, 0.6) is 28.7 Å². The van der Waals surface area contributed by atoms with Gasteiger partial charge >= 0.3 is 0 Å². The average Bonchev–Trinajstić information content (AvgIpc) is 3.18. The number of aliphatic hydroxyl groups excluding tert-OH is 2. The van der Waals surface area contributed by atoms with E-state index in [1.165, 1.54) is 12.1 Å². The maximum Gasteiger partial charge on any atom is 0.231 e. The Morgan fingerprint density at radius 3 is 2.23 bits per heavy atom. The Morgan fingerprint density at radius 2 is 1.67 bits per heavy atom. The number of nitrogens with one attached hydrogen (secondary N) is 1. The summed E-state index contributed by atoms with van der Waals surface area (Å²) in [7, 11) is 0. The minimum absolute atomic E-state index is 0.0168. The van der Waals surface area contributed by atoms with E-state index in [1.54, 1.807) is 19.1 Å². The molecule has 0 radical (unpaired) electrons. The summed E-state index contributed by atoms with van der Waals surface area (Å²) in [6.07, 6.45) is -1.15. The van der Waals surface area contributed by atoms with Crippen molar-refractivity contribution in [3.63, 3.8) is 0 Å². The lowest BCUT2D eigenvalue weighted by atomic mass is 9.65. The molecule has 6 N–H and O–H groups in total. The van der Waals surface area contributed by atoms with Gasteiger partial charge in [-0.25, -0.2) is 0 Å².